The first-order valence-electron chi connectivity index (χ1n) is 10.2. The maximum absolute atomic E-state index is 13.4. The number of rotatable bonds is 3. The number of fused-ring (bicyclic) bond motifs is 2. The quantitative estimate of drug-likeness (QED) is 0.812. The Bertz CT molecular complexity index is 886. The van der Waals surface area contributed by atoms with Gasteiger partial charge in [-0.15, -0.1) is 0 Å². The van der Waals surface area contributed by atoms with Gasteiger partial charge in [-0.25, -0.2) is 4.39 Å². The average molecular weight is 381 g/mol. The van der Waals surface area contributed by atoms with E-state index in [9.17, 15) is 9.18 Å². The number of nitrogens with zero attached hydrogens (tertiary/aromatic N) is 1. The first kappa shape index (κ1) is 17.5. The van der Waals surface area contributed by atoms with E-state index in [1.165, 1.54) is 28.8 Å². The summed E-state index contributed by atoms with van der Waals surface area (Å²) >= 11 is 0. The molecule has 1 fully saturated rings. The summed E-state index contributed by atoms with van der Waals surface area (Å²) in [5.41, 5.74) is 4.35. The number of carbonyl (C=O) groups is 1. The molecule has 1 saturated heterocycles. The number of carbonyl (C=O) groups excluding carboxylic acids is 1. The minimum absolute atomic E-state index is 0.0730. The summed E-state index contributed by atoms with van der Waals surface area (Å²) in [6, 6.07) is 8.13. The number of halogens is 1. The highest BCUT2D eigenvalue weighted by Gasteiger charge is 2.30. The molecule has 4 nitrogen and oxygen atoms in total. The van der Waals surface area contributed by atoms with Crippen LogP contribution in [-0.2, 0) is 19.3 Å². The molecule has 3 aliphatic heterocycles. The molecule has 3 aliphatic rings. The number of amides is 1. The van der Waals surface area contributed by atoms with E-state index in [4.69, 9.17) is 9.47 Å². The van der Waals surface area contributed by atoms with Crippen LogP contribution in [0.3, 0.4) is 0 Å². The fraction of sp³-hybridized carbons (Fsp3) is 0.435. The first-order chi connectivity index (χ1) is 13.7. The molecule has 2 aromatic carbocycles. The Morgan fingerprint density at radius 3 is 2.75 bits per heavy atom. The van der Waals surface area contributed by atoms with Gasteiger partial charge in [-0.3, -0.25) is 4.79 Å². The van der Waals surface area contributed by atoms with E-state index in [-0.39, 0.29) is 11.7 Å². The normalized spacial score (nSPS) is 18.4. The average Bonchev–Trinajstić information content (AvgIpc) is 3.37. The van der Waals surface area contributed by atoms with Gasteiger partial charge < -0.3 is 14.4 Å². The molecule has 1 amide bonds. The highest BCUT2D eigenvalue weighted by atomic mass is 19.1. The van der Waals surface area contributed by atoms with Gasteiger partial charge in [-0.1, -0.05) is 6.07 Å². The third kappa shape index (κ3) is 3.13. The van der Waals surface area contributed by atoms with Gasteiger partial charge in [0.05, 0.1) is 13.2 Å². The van der Waals surface area contributed by atoms with Crippen LogP contribution in [0.5, 0.6) is 11.5 Å². The van der Waals surface area contributed by atoms with Crippen molar-refractivity contribution in [3.8, 4) is 11.5 Å². The maximum atomic E-state index is 13.4. The van der Waals surface area contributed by atoms with E-state index in [0.29, 0.717) is 24.6 Å². The number of likely N-dealkylation sites (tertiary alicyclic amines) is 1. The second-order valence-electron chi connectivity index (χ2n) is 7.97. The van der Waals surface area contributed by atoms with E-state index in [2.05, 4.69) is 6.07 Å². The summed E-state index contributed by atoms with van der Waals surface area (Å²) in [7, 11) is 0. The van der Waals surface area contributed by atoms with Crippen LogP contribution in [-0.4, -0.2) is 37.1 Å². The molecular formula is C23H24FNO3. The van der Waals surface area contributed by atoms with Crippen LogP contribution in [0, 0.1) is 11.7 Å². The van der Waals surface area contributed by atoms with E-state index >= 15 is 0 Å². The molecule has 3 heterocycles. The largest absolute Gasteiger partial charge is 0.493 e. The standard InChI is InChI=1S/C23H24FNO3/c24-18-3-1-2-17(13-18)23(26)25-8-4-15(5-9-25)12-20-19-7-11-27-21(19)14-16-6-10-28-22(16)20/h1-3,13-15H,4-12H2. The highest BCUT2D eigenvalue weighted by molar-refractivity contribution is 5.94. The lowest BCUT2D eigenvalue weighted by Crippen LogP contribution is -2.39. The molecule has 0 bridgehead atoms. The molecule has 0 unspecified atom stereocenters. The van der Waals surface area contributed by atoms with Crippen LogP contribution in [0.25, 0.3) is 0 Å². The third-order valence-electron chi connectivity index (χ3n) is 6.23. The van der Waals surface area contributed by atoms with Gasteiger partial charge in [0.25, 0.3) is 5.91 Å². The second kappa shape index (κ2) is 7.12. The SMILES string of the molecule is O=C(c1cccc(F)c1)N1CCC(Cc2c3c(cc4c2OCC4)OCC3)CC1. The summed E-state index contributed by atoms with van der Waals surface area (Å²) in [5, 5.41) is 0. The number of hydrogen-bond donors (Lipinski definition) is 0. The topological polar surface area (TPSA) is 38.8 Å². The van der Waals surface area contributed by atoms with Crippen LogP contribution in [0.2, 0.25) is 0 Å². The predicted octanol–water partition coefficient (Wildman–Crippen LogP) is 3.79. The summed E-state index contributed by atoms with van der Waals surface area (Å²) in [6.07, 6.45) is 4.81. The molecule has 0 atom stereocenters. The number of benzene rings is 2. The first-order valence-corrected chi connectivity index (χ1v) is 10.2. The smallest absolute Gasteiger partial charge is 0.253 e. The van der Waals surface area contributed by atoms with Gasteiger partial charge in [-0.05, 0) is 49.4 Å². The lowest BCUT2D eigenvalue weighted by Gasteiger charge is -2.32. The Morgan fingerprint density at radius 2 is 1.93 bits per heavy atom. The van der Waals surface area contributed by atoms with Crippen LogP contribution >= 0.6 is 0 Å². The van der Waals surface area contributed by atoms with Gasteiger partial charge in [0.2, 0.25) is 0 Å². The van der Waals surface area contributed by atoms with Crippen molar-refractivity contribution in [2.75, 3.05) is 26.3 Å². The zero-order valence-electron chi connectivity index (χ0n) is 15.9. The van der Waals surface area contributed by atoms with E-state index in [1.54, 1.807) is 12.1 Å². The summed E-state index contributed by atoms with van der Waals surface area (Å²) in [4.78, 5) is 14.5. The zero-order chi connectivity index (χ0) is 19.1. The molecule has 0 saturated carbocycles. The Balaban J connectivity index is 1.28. The van der Waals surface area contributed by atoms with Crippen molar-refractivity contribution in [1.82, 2.24) is 4.90 Å². The molecule has 0 N–H and O–H groups in total. The Morgan fingerprint density at radius 1 is 1.11 bits per heavy atom. The van der Waals surface area contributed by atoms with Crippen LogP contribution in [0.15, 0.2) is 30.3 Å². The fourth-order valence-electron chi connectivity index (χ4n) is 4.73. The molecule has 0 spiro atoms. The minimum atomic E-state index is -0.366. The van der Waals surface area contributed by atoms with Crippen molar-refractivity contribution in [3.05, 3.63) is 58.4 Å². The molecule has 28 heavy (non-hydrogen) atoms. The van der Waals surface area contributed by atoms with Gasteiger partial charge in [0.15, 0.2) is 0 Å². The Labute approximate surface area is 164 Å². The summed E-state index contributed by atoms with van der Waals surface area (Å²) < 4.78 is 25.2. The minimum Gasteiger partial charge on any atom is -0.493 e. The van der Waals surface area contributed by atoms with Crippen molar-refractivity contribution in [1.29, 1.82) is 0 Å². The van der Waals surface area contributed by atoms with Crippen LogP contribution in [0.4, 0.5) is 4.39 Å². The summed E-state index contributed by atoms with van der Waals surface area (Å²) in [6.45, 7) is 2.95. The van der Waals surface area contributed by atoms with Crippen molar-refractivity contribution in [3.63, 3.8) is 0 Å². The highest BCUT2D eigenvalue weighted by Crippen LogP contribution is 2.42. The number of ether oxygens (including phenoxy) is 2. The van der Waals surface area contributed by atoms with Gasteiger partial charge >= 0.3 is 0 Å². The van der Waals surface area contributed by atoms with E-state index < -0.39 is 0 Å². The molecule has 0 aromatic heterocycles. The summed E-state index contributed by atoms with van der Waals surface area (Å²) in [5.74, 6) is 2.21. The van der Waals surface area contributed by atoms with E-state index in [0.717, 1.165) is 56.8 Å². The zero-order valence-corrected chi connectivity index (χ0v) is 15.9. The predicted molar refractivity (Wildman–Crippen MR) is 104 cm³/mol. The van der Waals surface area contributed by atoms with Crippen LogP contribution < -0.4 is 9.47 Å². The van der Waals surface area contributed by atoms with Crippen LogP contribution in [0.1, 0.15) is 39.9 Å². The molecule has 5 heteroatoms. The van der Waals surface area contributed by atoms with Crippen molar-refractivity contribution in [2.24, 2.45) is 5.92 Å². The lowest BCUT2D eigenvalue weighted by atomic mass is 9.86. The molecule has 0 radical (unpaired) electrons. The molecule has 2 aromatic rings. The molecule has 5 rings (SSSR count). The van der Waals surface area contributed by atoms with Gasteiger partial charge in [0, 0.05) is 48.2 Å². The molecule has 0 aliphatic carbocycles. The van der Waals surface area contributed by atoms with Crippen molar-refractivity contribution in [2.45, 2.75) is 32.1 Å². The van der Waals surface area contributed by atoms with Crippen molar-refractivity contribution >= 4 is 5.91 Å². The molecule has 146 valence electrons. The lowest BCUT2D eigenvalue weighted by molar-refractivity contribution is 0.0689. The second-order valence-corrected chi connectivity index (χ2v) is 7.97. The maximum Gasteiger partial charge on any atom is 0.253 e. The molecular weight excluding hydrogens is 357 g/mol. The monoisotopic (exact) mass is 381 g/mol. The number of piperidine rings is 1. The Kier molecular flexibility index (Phi) is 4.46. The van der Waals surface area contributed by atoms with Gasteiger partial charge in [0.1, 0.15) is 17.3 Å². The van der Waals surface area contributed by atoms with Crippen molar-refractivity contribution < 1.29 is 18.7 Å². The van der Waals surface area contributed by atoms with Gasteiger partial charge in [-0.2, -0.15) is 0 Å². The van der Waals surface area contributed by atoms with E-state index in [1.807, 2.05) is 4.90 Å². The third-order valence-corrected chi connectivity index (χ3v) is 6.23. The fourth-order valence-corrected chi connectivity index (χ4v) is 4.73. The number of hydrogen-bond acceptors (Lipinski definition) is 3. The Hall–Kier alpha value is -2.56.